The van der Waals surface area contributed by atoms with Gasteiger partial charge in [0.05, 0.1) is 12.7 Å². The summed E-state index contributed by atoms with van der Waals surface area (Å²) >= 11 is 0. The first-order valence-electron chi connectivity index (χ1n) is 16.6. The van der Waals surface area contributed by atoms with Crippen LogP contribution in [0.3, 0.4) is 0 Å². The standard InChI is InChI=1S/C37H44F2N4O5SSi/c1-22(2)50(23(3)4,24(5)6)18-15-27-29(38)14-13-25-19-26(48-21-46-7)20-28(30(25)27)33-32(39)34-31(36(40-33)47-8)35(43-16-11-10-12-17-43)42-37(41-34)49(9,44)45/h10-11,13-14,19-20,22-24H,12,16-17,21H2,1-9H3. The number of benzene rings is 2. The number of hydrogen-bond acceptors (Lipinski definition) is 9. The number of halogens is 2. The first kappa shape index (κ1) is 37.1. The van der Waals surface area contributed by atoms with Crippen molar-refractivity contribution in [1.29, 1.82) is 0 Å². The van der Waals surface area contributed by atoms with Gasteiger partial charge < -0.3 is 19.1 Å². The molecule has 0 fully saturated rings. The predicted molar refractivity (Wildman–Crippen MR) is 196 cm³/mol. The quantitative estimate of drug-likeness (QED) is 0.0532. The molecule has 9 nitrogen and oxygen atoms in total. The summed E-state index contributed by atoms with van der Waals surface area (Å²) in [7, 11) is -3.43. The minimum atomic E-state index is -3.97. The Hall–Kier alpha value is -4.12. The Balaban J connectivity index is 1.92. The number of nitrogens with zero attached hydrogens (tertiary/aromatic N) is 4. The molecule has 266 valence electrons. The number of methoxy groups -OCH3 is 2. The second-order valence-corrected chi connectivity index (χ2v) is 21.0. The van der Waals surface area contributed by atoms with Gasteiger partial charge in [-0.15, -0.1) is 5.54 Å². The van der Waals surface area contributed by atoms with Crippen LogP contribution in [-0.2, 0) is 14.6 Å². The van der Waals surface area contributed by atoms with Crippen LogP contribution in [0.2, 0.25) is 16.6 Å². The Kier molecular flexibility index (Phi) is 10.9. The van der Waals surface area contributed by atoms with Crippen molar-refractivity contribution in [3.05, 3.63) is 53.6 Å². The Labute approximate surface area is 294 Å². The molecule has 1 aliphatic heterocycles. The number of anilines is 1. The van der Waals surface area contributed by atoms with Crippen molar-refractivity contribution in [3.8, 4) is 34.4 Å². The number of rotatable bonds is 10. The van der Waals surface area contributed by atoms with Gasteiger partial charge in [-0.3, -0.25) is 0 Å². The lowest BCUT2D eigenvalue weighted by Gasteiger charge is -2.38. The second-order valence-electron chi connectivity index (χ2n) is 13.5. The maximum Gasteiger partial charge on any atom is 0.249 e. The largest absolute Gasteiger partial charge is 0.480 e. The summed E-state index contributed by atoms with van der Waals surface area (Å²) < 4.78 is 75.6. The number of aromatic nitrogens is 3. The van der Waals surface area contributed by atoms with Crippen molar-refractivity contribution in [3.63, 3.8) is 0 Å². The summed E-state index contributed by atoms with van der Waals surface area (Å²) in [4.78, 5) is 15.1. The molecule has 0 saturated heterocycles. The molecule has 2 aromatic carbocycles. The molecule has 1 aliphatic rings. The molecule has 0 N–H and O–H groups in total. The van der Waals surface area contributed by atoms with Crippen molar-refractivity contribution >= 4 is 45.4 Å². The summed E-state index contributed by atoms with van der Waals surface area (Å²) in [5, 5.41) is 0.448. The van der Waals surface area contributed by atoms with Crippen LogP contribution < -0.4 is 14.4 Å². The minimum Gasteiger partial charge on any atom is -0.480 e. The monoisotopic (exact) mass is 722 g/mol. The van der Waals surface area contributed by atoms with E-state index in [0.29, 0.717) is 52.7 Å². The molecule has 0 atom stereocenters. The molecular weight excluding hydrogens is 679 g/mol. The average Bonchev–Trinajstić information content (AvgIpc) is 3.07. The van der Waals surface area contributed by atoms with Crippen LogP contribution in [0.15, 0.2) is 41.6 Å². The number of sulfone groups is 1. The highest BCUT2D eigenvalue weighted by atomic mass is 32.2. The van der Waals surface area contributed by atoms with Crippen LogP contribution >= 0.6 is 0 Å². The molecule has 50 heavy (non-hydrogen) atoms. The highest BCUT2D eigenvalue weighted by Crippen LogP contribution is 2.43. The van der Waals surface area contributed by atoms with Gasteiger partial charge in [-0.05, 0) is 46.6 Å². The van der Waals surface area contributed by atoms with Crippen LogP contribution in [0.5, 0.6) is 11.6 Å². The van der Waals surface area contributed by atoms with Crippen LogP contribution in [-0.4, -0.2) is 71.8 Å². The Morgan fingerprint density at radius 3 is 2.24 bits per heavy atom. The lowest BCUT2D eigenvalue weighted by atomic mass is 9.95. The molecule has 13 heteroatoms. The van der Waals surface area contributed by atoms with Crippen LogP contribution in [0.4, 0.5) is 14.6 Å². The Morgan fingerprint density at radius 2 is 1.66 bits per heavy atom. The summed E-state index contributed by atoms with van der Waals surface area (Å²) in [5.41, 5.74) is 4.22. The van der Waals surface area contributed by atoms with Crippen LogP contribution in [0.25, 0.3) is 32.9 Å². The number of hydrogen-bond donors (Lipinski definition) is 0. The topological polar surface area (TPSA) is 104 Å². The summed E-state index contributed by atoms with van der Waals surface area (Å²) in [5.74, 6) is 2.24. The maximum atomic E-state index is 17.2. The van der Waals surface area contributed by atoms with Crippen LogP contribution in [0.1, 0.15) is 53.5 Å². The molecule has 0 unspecified atom stereocenters. The van der Waals surface area contributed by atoms with Crippen LogP contribution in [0, 0.1) is 23.1 Å². The van der Waals surface area contributed by atoms with E-state index >= 15 is 8.78 Å². The van der Waals surface area contributed by atoms with Gasteiger partial charge in [0.1, 0.15) is 42.1 Å². The summed E-state index contributed by atoms with van der Waals surface area (Å²) in [6, 6.07) is 6.19. The maximum absolute atomic E-state index is 17.2. The Morgan fingerprint density at radius 1 is 0.960 bits per heavy atom. The van der Waals surface area contributed by atoms with Crippen molar-refractivity contribution in [2.45, 2.75) is 69.7 Å². The molecule has 0 aliphatic carbocycles. The number of ether oxygens (including phenoxy) is 3. The fourth-order valence-corrected chi connectivity index (χ4v) is 12.9. The van der Waals surface area contributed by atoms with E-state index in [1.165, 1.54) is 20.3 Å². The fourth-order valence-electron chi connectivity index (χ4n) is 7.19. The second kappa shape index (κ2) is 14.6. The lowest BCUT2D eigenvalue weighted by molar-refractivity contribution is 0.0512. The molecule has 3 heterocycles. The van der Waals surface area contributed by atoms with E-state index < -0.39 is 34.7 Å². The van der Waals surface area contributed by atoms with Gasteiger partial charge in [-0.2, -0.15) is 0 Å². The summed E-state index contributed by atoms with van der Waals surface area (Å²) in [6.45, 7) is 13.9. The van der Waals surface area contributed by atoms with E-state index in [1.54, 1.807) is 18.2 Å². The van der Waals surface area contributed by atoms with E-state index in [0.717, 1.165) is 6.26 Å². The molecule has 0 amide bonds. The average molecular weight is 723 g/mol. The smallest absolute Gasteiger partial charge is 0.249 e. The lowest BCUT2D eigenvalue weighted by Crippen LogP contribution is -2.43. The van der Waals surface area contributed by atoms with E-state index in [1.807, 2.05) is 17.1 Å². The third-order valence-corrected chi connectivity index (χ3v) is 16.6. The van der Waals surface area contributed by atoms with Crippen molar-refractivity contribution in [2.75, 3.05) is 45.3 Å². The minimum absolute atomic E-state index is 0.0211. The van der Waals surface area contributed by atoms with E-state index in [2.05, 4.69) is 68.0 Å². The van der Waals surface area contributed by atoms with E-state index in [4.69, 9.17) is 14.2 Å². The molecule has 2 aromatic heterocycles. The SMILES string of the molecule is COCOc1cc(-c2nc(OC)c3c(N4CC=CCC4)nc(S(C)(=O)=O)nc3c2F)c2c(C#C[Si](C(C)C)(C(C)C)C(C)C)c(F)ccc2c1. The number of pyridine rings is 1. The molecule has 0 bridgehead atoms. The summed E-state index contributed by atoms with van der Waals surface area (Å²) in [6.07, 6.45) is 5.58. The molecule has 5 rings (SSSR count). The zero-order chi connectivity index (χ0) is 36.5. The first-order chi connectivity index (χ1) is 23.6. The highest BCUT2D eigenvalue weighted by Gasteiger charge is 2.42. The Bertz CT molecular complexity index is 2120. The van der Waals surface area contributed by atoms with Gasteiger partial charge in [0.25, 0.3) is 0 Å². The number of fused-ring (bicyclic) bond motifs is 2. The van der Waals surface area contributed by atoms with Gasteiger partial charge in [0, 0.05) is 37.4 Å². The van der Waals surface area contributed by atoms with Crippen molar-refractivity contribution < 1.29 is 31.4 Å². The molecule has 0 radical (unpaired) electrons. The van der Waals surface area contributed by atoms with Gasteiger partial charge in [-0.25, -0.2) is 32.2 Å². The van der Waals surface area contributed by atoms with Gasteiger partial charge >= 0.3 is 0 Å². The van der Waals surface area contributed by atoms with E-state index in [-0.39, 0.29) is 46.2 Å². The third kappa shape index (κ3) is 6.80. The van der Waals surface area contributed by atoms with Crippen molar-refractivity contribution in [1.82, 2.24) is 15.0 Å². The highest BCUT2D eigenvalue weighted by molar-refractivity contribution is 7.90. The zero-order valence-corrected chi connectivity index (χ0v) is 31.8. The molecular formula is C37H44F2N4O5SSi. The van der Waals surface area contributed by atoms with Gasteiger partial charge in [0.2, 0.25) is 20.9 Å². The first-order valence-corrected chi connectivity index (χ1v) is 20.7. The zero-order valence-electron chi connectivity index (χ0n) is 30.0. The molecule has 4 aromatic rings. The van der Waals surface area contributed by atoms with Gasteiger partial charge in [0.15, 0.2) is 12.6 Å². The van der Waals surface area contributed by atoms with Gasteiger partial charge in [-0.1, -0.05) is 65.7 Å². The fraction of sp³-hybridized carbons (Fsp3) is 0.432. The predicted octanol–water partition coefficient (Wildman–Crippen LogP) is 7.85. The molecule has 0 spiro atoms. The third-order valence-electron chi connectivity index (χ3n) is 9.50. The van der Waals surface area contributed by atoms with E-state index in [9.17, 15) is 8.42 Å². The normalized spacial score (nSPS) is 13.8. The molecule has 0 saturated carbocycles. The van der Waals surface area contributed by atoms with Crippen molar-refractivity contribution in [2.24, 2.45) is 0 Å².